The van der Waals surface area contributed by atoms with E-state index in [0.29, 0.717) is 11.4 Å². The number of pyridine rings is 1. The van der Waals surface area contributed by atoms with Crippen LogP contribution in [0.25, 0.3) is 33.4 Å². The Kier molecular flexibility index (Phi) is 4.37. The molecule has 0 unspecified atom stereocenters. The molecule has 1 amide bonds. The zero-order valence-electron chi connectivity index (χ0n) is 15.3. The minimum Gasteiger partial charge on any atom is -0.465 e. The molecule has 2 aromatic carbocycles. The summed E-state index contributed by atoms with van der Waals surface area (Å²) >= 11 is 0. The molecule has 2 aromatic heterocycles. The molecule has 4 rings (SSSR count). The number of carboxylic acid groups (broad SMARTS) is 1. The van der Waals surface area contributed by atoms with Crippen LogP contribution in [0.2, 0.25) is 0 Å². The lowest BCUT2D eigenvalue weighted by Crippen LogP contribution is -2.10. The van der Waals surface area contributed by atoms with Gasteiger partial charge in [-0.2, -0.15) is 5.10 Å². The van der Waals surface area contributed by atoms with Crippen molar-refractivity contribution in [2.24, 2.45) is 0 Å². The highest BCUT2D eigenvalue weighted by atomic mass is 16.4. The fourth-order valence-electron chi connectivity index (χ4n) is 3.21. The molecule has 0 spiro atoms. The summed E-state index contributed by atoms with van der Waals surface area (Å²) in [5.74, 6) is 0. The van der Waals surface area contributed by atoms with Crippen molar-refractivity contribution in [3.8, 4) is 16.9 Å². The number of aromatic nitrogens is 3. The van der Waals surface area contributed by atoms with E-state index in [1.807, 2.05) is 61.5 Å². The Morgan fingerprint density at radius 1 is 1.11 bits per heavy atom. The van der Waals surface area contributed by atoms with E-state index in [9.17, 15) is 9.90 Å². The second kappa shape index (κ2) is 7.00. The number of hydrogen-bond donors (Lipinski definition) is 2. The number of amides is 1. The average Bonchev–Trinajstić information content (AvgIpc) is 3.17. The van der Waals surface area contributed by atoms with Crippen LogP contribution >= 0.6 is 0 Å². The molecule has 0 radical (unpaired) electrons. The summed E-state index contributed by atoms with van der Waals surface area (Å²) < 4.78 is 1.79. The van der Waals surface area contributed by atoms with Crippen LogP contribution in [0, 0.1) is 0 Å². The van der Waals surface area contributed by atoms with Crippen LogP contribution in [0.1, 0.15) is 12.6 Å². The van der Waals surface area contributed by atoms with E-state index >= 15 is 0 Å². The van der Waals surface area contributed by atoms with Crippen LogP contribution < -0.4 is 5.32 Å². The fraction of sp³-hybridized carbons (Fsp3) is 0.0455. The van der Waals surface area contributed by atoms with Crippen molar-refractivity contribution < 1.29 is 9.90 Å². The smallest absolute Gasteiger partial charge is 0.409 e. The molecular formula is C22H18N4O2. The molecule has 0 saturated carbocycles. The van der Waals surface area contributed by atoms with Crippen molar-refractivity contribution in [2.75, 3.05) is 5.32 Å². The van der Waals surface area contributed by atoms with E-state index < -0.39 is 6.09 Å². The fourth-order valence-corrected chi connectivity index (χ4v) is 3.21. The van der Waals surface area contributed by atoms with E-state index in [1.165, 1.54) is 0 Å². The van der Waals surface area contributed by atoms with E-state index in [0.717, 1.165) is 33.4 Å². The van der Waals surface area contributed by atoms with Crippen molar-refractivity contribution in [3.05, 3.63) is 79.1 Å². The summed E-state index contributed by atoms with van der Waals surface area (Å²) in [7, 11) is 0. The van der Waals surface area contributed by atoms with Crippen molar-refractivity contribution >= 4 is 28.3 Å². The van der Waals surface area contributed by atoms with Gasteiger partial charge in [0, 0.05) is 10.9 Å². The average molecular weight is 370 g/mol. The van der Waals surface area contributed by atoms with Crippen LogP contribution in [-0.2, 0) is 0 Å². The maximum atomic E-state index is 11.4. The van der Waals surface area contributed by atoms with Gasteiger partial charge < -0.3 is 5.11 Å². The van der Waals surface area contributed by atoms with E-state index in [4.69, 9.17) is 4.98 Å². The molecule has 138 valence electrons. The number of rotatable bonds is 4. The Morgan fingerprint density at radius 3 is 2.64 bits per heavy atom. The summed E-state index contributed by atoms with van der Waals surface area (Å²) in [6.07, 6.45) is 0.572. The van der Waals surface area contributed by atoms with Crippen LogP contribution in [-0.4, -0.2) is 26.0 Å². The standard InChI is InChI=1S/C22H18N4O2/c1-14(2)19-11-12-23-26(19)20-10-6-4-8-16(20)21-18(25-22(27)28)13-15-7-3-5-9-17(15)24-21/h3-13,25H,1H2,2H3,(H,27,28). The number of carbonyl (C=O) groups is 1. The lowest BCUT2D eigenvalue weighted by Gasteiger charge is -2.15. The molecule has 2 N–H and O–H groups in total. The van der Waals surface area contributed by atoms with Crippen LogP contribution in [0.15, 0.2) is 73.4 Å². The SMILES string of the molecule is C=C(C)c1ccnn1-c1ccccc1-c1nc2ccccc2cc1NC(=O)O. The highest BCUT2D eigenvalue weighted by Gasteiger charge is 2.17. The van der Waals surface area contributed by atoms with Gasteiger partial charge in [0.15, 0.2) is 0 Å². The first-order chi connectivity index (χ1) is 13.5. The number of fused-ring (bicyclic) bond motifs is 1. The minimum atomic E-state index is -1.14. The second-order valence-electron chi connectivity index (χ2n) is 6.43. The van der Waals surface area contributed by atoms with E-state index in [1.54, 1.807) is 16.9 Å². The minimum absolute atomic E-state index is 0.419. The van der Waals surface area contributed by atoms with Gasteiger partial charge in [-0.15, -0.1) is 0 Å². The molecule has 0 saturated heterocycles. The largest absolute Gasteiger partial charge is 0.465 e. The van der Waals surface area contributed by atoms with Gasteiger partial charge in [0.05, 0.1) is 34.5 Å². The molecule has 0 bridgehead atoms. The van der Waals surface area contributed by atoms with Crippen LogP contribution in [0.3, 0.4) is 0 Å². The molecule has 0 fully saturated rings. The van der Waals surface area contributed by atoms with Gasteiger partial charge in [0.25, 0.3) is 0 Å². The summed E-state index contributed by atoms with van der Waals surface area (Å²) in [6, 6.07) is 18.9. The third kappa shape index (κ3) is 3.12. The quantitative estimate of drug-likeness (QED) is 0.517. The Balaban J connectivity index is 1.99. The highest BCUT2D eigenvalue weighted by Crippen LogP contribution is 2.34. The van der Waals surface area contributed by atoms with E-state index in [2.05, 4.69) is 17.0 Å². The number of benzene rings is 2. The normalized spacial score (nSPS) is 10.8. The summed E-state index contributed by atoms with van der Waals surface area (Å²) in [6.45, 7) is 5.94. The van der Waals surface area contributed by atoms with Gasteiger partial charge in [-0.05, 0) is 36.8 Å². The monoisotopic (exact) mass is 370 g/mol. The number of hydrogen-bond acceptors (Lipinski definition) is 3. The number of allylic oxidation sites excluding steroid dienone is 1. The molecule has 28 heavy (non-hydrogen) atoms. The van der Waals surface area contributed by atoms with Gasteiger partial charge in [-0.1, -0.05) is 43.0 Å². The van der Waals surface area contributed by atoms with Gasteiger partial charge in [0.2, 0.25) is 0 Å². The molecule has 0 aliphatic carbocycles. The third-order valence-electron chi connectivity index (χ3n) is 4.43. The van der Waals surface area contributed by atoms with Crippen molar-refractivity contribution in [2.45, 2.75) is 6.92 Å². The second-order valence-corrected chi connectivity index (χ2v) is 6.43. The zero-order chi connectivity index (χ0) is 19.7. The maximum Gasteiger partial charge on any atom is 0.409 e. The first kappa shape index (κ1) is 17.5. The van der Waals surface area contributed by atoms with Crippen molar-refractivity contribution in [3.63, 3.8) is 0 Å². The van der Waals surface area contributed by atoms with Crippen molar-refractivity contribution in [1.82, 2.24) is 14.8 Å². The van der Waals surface area contributed by atoms with Crippen molar-refractivity contribution in [1.29, 1.82) is 0 Å². The molecule has 2 heterocycles. The maximum absolute atomic E-state index is 11.4. The van der Waals surface area contributed by atoms with Gasteiger partial charge in [0.1, 0.15) is 0 Å². The van der Waals surface area contributed by atoms with Crippen LogP contribution in [0.5, 0.6) is 0 Å². The predicted molar refractivity (Wildman–Crippen MR) is 111 cm³/mol. The Morgan fingerprint density at radius 2 is 1.86 bits per heavy atom. The molecule has 0 aliphatic heterocycles. The van der Waals surface area contributed by atoms with Crippen LogP contribution in [0.4, 0.5) is 10.5 Å². The Hall–Kier alpha value is -3.93. The van der Waals surface area contributed by atoms with Gasteiger partial charge >= 0.3 is 6.09 Å². The summed E-state index contributed by atoms with van der Waals surface area (Å²) in [4.78, 5) is 16.1. The zero-order valence-corrected chi connectivity index (χ0v) is 15.3. The first-order valence-corrected chi connectivity index (χ1v) is 8.74. The number of anilines is 1. The van der Waals surface area contributed by atoms with Gasteiger partial charge in [-0.25, -0.2) is 14.5 Å². The van der Waals surface area contributed by atoms with E-state index in [-0.39, 0.29) is 0 Å². The summed E-state index contributed by atoms with van der Waals surface area (Å²) in [5, 5.41) is 17.1. The topological polar surface area (TPSA) is 80.0 Å². The lowest BCUT2D eigenvalue weighted by atomic mass is 10.0. The molecular weight excluding hydrogens is 352 g/mol. The Bertz CT molecular complexity index is 1210. The molecule has 4 aromatic rings. The first-order valence-electron chi connectivity index (χ1n) is 8.74. The number of nitrogens with zero attached hydrogens (tertiary/aromatic N) is 3. The molecule has 6 nitrogen and oxygen atoms in total. The number of para-hydroxylation sites is 2. The molecule has 6 heteroatoms. The highest BCUT2D eigenvalue weighted by molar-refractivity contribution is 5.96. The Labute approximate surface area is 161 Å². The molecule has 0 aliphatic rings. The predicted octanol–water partition coefficient (Wildman–Crippen LogP) is 5.21. The number of nitrogens with one attached hydrogen (secondary N) is 1. The lowest BCUT2D eigenvalue weighted by molar-refractivity contribution is 0.210. The molecule has 0 atom stereocenters. The van der Waals surface area contributed by atoms with Gasteiger partial charge in [-0.3, -0.25) is 5.32 Å². The summed E-state index contributed by atoms with van der Waals surface area (Å²) in [5.41, 5.74) is 5.06. The third-order valence-corrected chi connectivity index (χ3v) is 4.43.